The summed E-state index contributed by atoms with van der Waals surface area (Å²) in [5.41, 5.74) is 2.49. The monoisotopic (exact) mass is 357 g/mol. The van der Waals surface area contributed by atoms with Crippen LogP contribution in [-0.4, -0.2) is 38.0 Å². The zero-order valence-electron chi connectivity index (χ0n) is 15.1. The highest BCUT2D eigenvalue weighted by Crippen LogP contribution is 2.14. The van der Waals surface area contributed by atoms with E-state index in [4.69, 9.17) is 0 Å². The standard InChI is InChI=1S/C20H24FN3O2/c1-3-24(18-9-4-6-15(2)12-18)11-10-22-19(25)14-23-20(26)16-7-5-8-17(21)13-16/h4-9,12-13H,3,10-11,14H2,1-2H3,(H,22,25)(H,23,26). The van der Waals surface area contributed by atoms with Gasteiger partial charge in [0, 0.05) is 30.9 Å². The van der Waals surface area contributed by atoms with E-state index in [1.807, 2.05) is 25.1 Å². The van der Waals surface area contributed by atoms with Crippen LogP contribution in [0.15, 0.2) is 48.5 Å². The number of rotatable bonds is 8. The number of anilines is 1. The molecule has 0 atom stereocenters. The van der Waals surface area contributed by atoms with Gasteiger partial charge in [-0.2, -0.15) is 0 Å². The fourth-order valence-corrected chi connectivity index (χ4v) is 2.58. The molecule has 0 aliphatic rings. The molecule has 2 amide bonds. The zero-order valence-corrected chi connectivity index (χ0v) is 15.1. The Labute approximate surface area is 153 Å². The highest BCUT2D eigenvalue weighted by molar-refractivity contribution is 5.96. The zero-order chi connectivity index (χ0) is 18.9. The highest BCUT2D eigenvalue weighted by atomic mass is 19.1. The summed E-state index contributed by atoms with van der Waals surface area (Å²) in [5, 5.41) is 5.27. The number of halogens is 1. The number of amides is 2. The summed E-state index contributed by atoms with van der Waals surface area (Å²) < 4.78 is 13.1. The molecule has 0 heterocycles. The molecule has 2 rings (SSSR count). The van der Waals surface area contributed by atoms with Crippen LogP contribution in [-0.2, 0) is 4.79 Å². The number of nitrogens with one attached hydrogen (secondary N) is 2. The van der Waals surface area contributed by atoms with Crippen molar-refractivity contribution in [2.24, 2.45) is 0 Å². The minimum atomic E-state index is -0.488. The van der Waals surface area contributed by atoms with Crippen LogP contribution in [0, 0.1) is 12.7 Å². The second kappa shape index (κ2) is 9.56. The average molecular weight is 357 g/mol. The molecule has 0 saturated carbocycles. The summed E-state index contributed by atoms with van der Waals surface area (Å²) in [7, 11) is 0. The summed E-state index contributed by atoms with van der Waals surface area (Å²) >= 11 is 0. The van der Waals surface area contributed by atoms with Crippen molar-refractivity contribution in [1.82, 2.24) is 10.6 Å². The van der Waals surface area contributed by atoms with Gasteiger partial charge >= 0.3 is 0 Å². The van der Waals surface area contributed by atoms with Crippen molar-refractivity contribution in [3.05, 3.63) is 65.5 Å². The van der Waals surface area contributed by atoms with Crippen LogP contribution < -0.4 is 15.5 Å². The lowest BCUT2D eigenvalue weighted by atomic mass is 10.2. The molecule has 0 unspecified atom stereocenters. The first-order chi connectivity index (χ1) is 12.5. The molecule has 0 aliphatic carbocycles. The van der Waals surface area contributed by atoms with Crippen LogP contribution in [0.4, 0.5) is 10.1 Å². The molecular formula is C20H24FN3O2. The van der Waals surface area contributed by atoms with Gasteiger partial charge in [0.1, 0.15) is 5.82 Å². The van der Waals surface area contributed by atoms with Crippen molar-refractivity contribution in [2.45, 2.75) is 13.8 Å². The van der Waals surface area contributed by atoms with E-state index in [1.54, 1.807) is 0 Å². The van der Waals surface area contributed by atoms with E-state index < -0.39 is 11.7 Å². The van der Waals surface area contributed by atoms with Gasteiger partial charge in [0.05, 0.1) is 6.54 Å². The molecule has 138 valence electrons. The lowest BCUT2D eigenvalue weighted by molar-refractivity contribution is -0.120. The second-order valence-corrected chi connectivity index (χ2v) is 5.96. The van der Waals surface area contributed by atoms with Gasteiger partial charge in [0.2, 0.25) is 5.91 Å². The fourth-order valence-electron chi connectivity index (χ4n) is 2.58. The number of hydrogen-bond donors (Lipinski definition) is 2. The molecule has 0 bridgehead atoms. The maximum absolute atomic E-state index is 13.1. The molecule has 2 aromatic rings. The first-order valence-electron chi connectivity index (χ1n) is 8.61. The molecule has 6 heteroatoms. The van der Waals surface area contributed by atoms with Crippen LogP contribution in [0.3, 0.4) is 0 Å². The quantitative estimate of drug-likeness (QED) is 0.763. The lowest BCUT2D eigenvalue weighted by Gasteiger charge is -2.23. The fraction of sp³-hybridized carbons (Fsp3) is 0.300. The number of carbonyl (C=O) groups is 2. The van der Waals surface area contributed by atoms with Crippen molar-refractivity contribution < 1.29 is 14.0 Å². The van der Waals surface area contributed by atoms with Gasteiger partial charge in [0.15, 0.2) is 0 Å². The van der Waals surface area contributed by atoms with Gasteiger partial charge in [-0.3, -0.25) is 9.59 Å². The normalized spacial score (nSPS) is 10.3. The highest BCUT2D eigenvalue weighted by Gasteiger charge is 2.09. The topological polar surface area (TPSA) is 61.4 Å². The maximum Gasteiger partial charge on any atom is 0.251 e. The number of nitrogens with zero attached hydrogens (tertiary/aromatic N) is 1. The van der Waals surface area contributed by atoms with Crippen molar-refractivity contribution in [3.63, 3.8) is 0 Å². The Morgan fingerprint density at radius 3 is 2.54 bits per heavy atom. The Hall–Kier alpha value is -2.89. The third-order valence-corrected chi connectivity index (χ3v) is 3.95. The van der Waals surface area contributed by atoms with E-state index >= 15 is 0 Å². The lowest BCUT2D eigenvalue weighted by Crippen LogP contribution is -2.40. The number of carbonyl (C=O) groups excluding carboxylic acids is 2. The summed E-state index contributed by atoms with van der Waals surface area (Å²) in [6.07, 6.45) is 0. The van der Waals surface area contributed by atoms with Crippen molar-refractivity contribution in [1.29, 1.82) is 0 Å². The predicted octanol–water partition coefficient (Wildman–Crippen LogP) is 2.51. The Kier molecular flexibility index (Phi) is 7.14. The smallest absolute Gasteiger partial charge is 0.251 e. The summed E-state index contributed by atoms with van der Waals surface area (Å²) in [6, 6.07) is 13.5. The number of aryl methyl sites for hydroxylation is 1. The van der Waals surface area contributed by atoms with Crippen LogP contribution in [0.2, 0.25) is 0 Å². The van der Waals surface area contributed by atoms with Gasteiger partial charge in [-0.15, -0.1) is 0 Å². The molecule has 5 nitrogen and oxygen atoms in total. The minimum Gasteiger partial charge on any atom is -0.370 e. The average Bonchev–Trinajstić information content (AvgIpc) is 2.63. The van der Waals surface area contributed by atoms with Gasteiger partial charge in [-0.05, 0) is 49.7 Å². The third kappa shape index (κ3) is 5.88. The first-order valence-corrected chi connectivity index (χ1v) is 8.61. The predicted molar refractivity (Wildman–Crippen MR) is 101 cm³/mol. The molecule has 2 aromatic carbocycles. The summed E-state index contributed by atoms with van der Waals surface area (Å²) in [4.78, 5) is 25.9. The van der Waals surface area contributed by atoms with Crippen LogP contribution in [0.25, 0.3) is 0 Å². The summed E-state index contributed by atoms with van der Waals surface area (Å²) in [5.74, 6) is -1.25. The van der Waals surface area contributed by atoms with Crippen LogP contribution >= 0.6 is 0 Å². The Morgan fingerprint density at radius 2 is 1.85 bits per heavy atom. The molecular weight excluding hydrogens is 333 g/mol. The number of benzene rings is 2. The molecule has 0 aliphatic heterocycles. The van der Waals surface area contributed by atoms with E-state index in [0.29, 0.717) is 13.1 Å². The van der Waals surface area contributed by atoms with E-state index in [1.165, 1.54) is 23.8 Å². The minimum absolute atomic E-state index is 0.147. The van der Waals surface area contributed by atoms with E-state index in [0.717, 1.165) is 18.3 Å². The molecule has 0 saturated heterocycles. The van der Waals surface area contributed by atoms with Crippen LogP contribution in [0.1, 0.15) is 22.8 Å². The van der Waals surface area contributed by atoms with Gasteiger partial charge in [-0.25, -0.2) is 4.39 Å². The van der Waals surface area contributed by atoms with E-state index in [9.17, 15) is 14.0 Å². The number of likely N-dealkylation sites (N-methyl/N-ethyl adjacent to an activating group) is 1. The maximum atomic E-state index is 13.1. The van der Waals surface area contributed by atoms with E-state index in [2.05, 4.69) is 28.5 Å². The van der Waals surface area contributed by atoms with Crippen LogP contribution in [0.5, 0.6) is 0 Å². The molecule has 0 spiro atoms. The third-order valence-electron chi connectivity index (χ3n) is 3.95. The van der Waals surface area contributed by atoms with Gasteiger partial charge in [-0.1, -0.05) is 18.2 Å². The first kappa shape index (κ1) is 19.4. The molecule has 0 fully saturated rings. The van der Waals surface area contributed by atoms with Crippen molar-refractivity contribution in [3.8, 4) is 0 Å². The van der Waals surface area contributed by atoms with Crippen molar-refractivity contribution in [2.75, 3.05) is 31.1 Å². The Balaban J connectivity index is 1.75. The molecule has 0 radical (unpaired) electrons. The molecule has 26 heavy (non-hydrogen) atoms. The summed E-state index contributed by atoms with van der Waals surface area (Å²) in [6.45, 7) is 5.92. The molecule has 2 N–H and O–H groups in total. The largest absolute Gasteiger partial charge is 0.370 e. The second-order valence-electron chi connectivity index (χ2n) is 5.96. The SMILES string of the molecule is CCN(CCNC(=O)CNC(=O)c1cccc(F)c1)c1cccc(C)c1. The Morgan fingerprint density at radius 1 is 1.08 bits per heavy atom. The molecule has 0 aromatic heterocycles. The number of hydrogen-bond acceptors (Lipinski definition) is 3. The van der Waals surface area contributed by atoms with E-state index in [-0.39, 0.29) is 18.0 Å². The Bertz CT molecular complexity index is 764. The van der Waals surface area contributed by atoms with Gasteiger partial charge < -0.3 is 15.5 Å². The van der Waals surface area contributed by atoms with Gasteiger partial charge in [0.25, 0.3) is 5.91 Å². The van der Waals surface area contributed by atoms with Crippen molar-refractivity contribution >= 4 is 17.5 Å².